The zero-order chi connectivity index (χ0) is 21.2. The fourth-order valence-electron chi connectivity index (χ4n) is 3.32. The van der Waals surface area contributed by atoms with E-state index in [-0.39, 0.29) is 0 Å². The number of methoxy groups -OCH3 is 3. The molecule has 2 rings (SSSR count). The summed E-state index contributed by atoms with van der Waals surface area (Å²) in [5.74, 6) is 3.06. The zero-order valence-electron chi connectivity index (χ0n) is 18.7. The molecule has 0 aliphatic carbocycles. The average Bonchev–Trinajstić information content (AvgIpc) is 2.76. The van der Waals surface area contributed by atoms with Gasteiger partial charge in [0.15, 0.2) is 17.5 Å². The third kappa shape index (κ3) is 6.60. The first-order valence-corrected chi connectivity index (χ1v) is 11.4. The lowest BCUT2D eigenvalue weighted by Crippen LogP contribution is -2.52. The number of piperazine rings is 1. The third-order valence-corrected chi connectivity index (χ3v) is 5.99. The molecule has 1 fully saturated rings. The zero-order valence-corrected chi connectivity index (χ0v) is 19.5. The van der Waals surface area contributed by atoms with Crippen LogP contribution in [0.5, 0.6) is 17.2 Å². The molecule has 1 aromatic carbocycles. The van der Waals surface area contributed by atoms with Crippen molar-refractivity contribution < 1.29 is 14.2 Å². The predicted octanol–water partition coefficient (Wildman–Crippen LogP) is 2.55. The van der Waals surface area contributed by atoms with Crippen molar-refractivity contribution in [2.24, 2.45) is 4.99 Å². The van der Waals surface area contributed by atoms with Crippen LogP contribution in [-0.4, -0.2) is 87.9 Å². The van der Waals surface area contributed by atoms with E-state index in [1.165, 1.54) is 0 Å². The summed E-state index contributed by atoms with van der Waals surface area (Å²) in [5, 5.41) is 3.97. The number of ether oxygens (including phenoxy) is 3. The van der Waals surface area contributed by atoms with Crippen molar-refractivity contribution in [1.29, 1.82) is 0 Å². The number of rotatable bonds is 9. The van der Waals surface area contributed by atoms with Crippen molar-refractivity contribution in [2.75, 3.05) is 66.9 Å². The Hall–Kier alpha value is -1.80. The SMILES string of the molecule is CCNC(=NCC(C)SC)N1CCN(Cc2cc(OC)c(OC)c(OC)c2)CC1. The molecule has 0 saturated carbocycles. The summed E-state index contributed by atoms with van der Waals surface area (Å²) in [6.45, 7) is 10.8. The normalized spacial score (nSPS) is 16.5. The van der Waals surface area contributed by atoms with Crippen molar-refractivity contribution in [3.8, 4) is 17.2 Å². The summed E-state index contributed by atoms with van der Waals surface area (Å²) >= 11 is 1.85. The summed E-state index contributed by atoms with van der Waals surface area (Å²) in [7, 11) is 4.93. The Morgan fingerprint density at radius 2 is 1.72 bits per heavy atom. The summed E-state index contributed by atoms with van der Waals surface area (Å²) < 4.78 is 16.4. The quantitative estimate of drug-likeness (QED) is 0.483. The van der Waals surface area contributed by atoms with Crippen LogP contribution in [0.2, 0.25) is 0 Å². The molecule has 0 bridgehead atoms. The van der Waals surface area contributed by atoms with Gasteiger partial charge in [-0.2, -0.15) is 11.8 Å². The summed E-state index contributed by atoms with van der Waals surface area (Å²) in [5.41, 5.74) is 1.15. The monoisotopic (exact) mass is 424 g/mol. The Morgan fingerprint density at radius 3 is 2.21 bits per heavy atom. The van der Waals surface area contributed by atoms with Crippen molar-refractivity contribution in [2.45, 2.75) is 25.6 Å². The van der Waals surface area contributed by atoms with Crippen molar-refractivity contribution in [3.63, 3.8) is 0 Å². The van der Waals surface area contributed by atoms with E-state index in [9.17, 15) is 0 Å². The molecule has 1 aliphatic rings. The fourth-order valence-corrected chi connectivity index (χ4v) is 3.54. The van der Waals surface area contributed by atoms with Crippen LogP contribution in [-0.2, 0) is 6.54 Å². The number of guanidine groups is 1. The van der Waals surface area contributed by atoms with Gasteiger partial charge in [0.25, 0.3) is 0 Å². The highest BCUT2D eigenvalue weighted by atomic mass is 32.2. The maximum absolute atomic E-state index is 5.48. The minimum Gasteiger partial charge on any atom is -0.493 e. The van der Waals surface area contributed by atoms with Gasteiger partial charge in [0.05, 0.1) is 27.9 Å². The van der Waals surface area contributed by atoms with E-state index in [1.807, 2.05) is 23.9 Å². The van der Waals surface area contributed by atoms with Gasteiger partial charge in [-0.3, -0.25) is 9.89 Å². The summed E-state index contributed by atoms with van der Waals surface area (Å²) in [6, 6.07) is 4.06. The first-order valence-electron chi connectivity index (χ1n) is 10.1. The van der Waals surface area contributed by atoms with Crippen LogP contribution in [0.15, 0.2) is 17.1 Å². The van der Waals surface area contributed by atoms with Gasteiger partial charge in [0.1, 0.15) is 0 Å². The number of hydrogen-bond donors (Lipinski definition) is 1. The molecule has 29 heavy (non-hydrogen) atoms. The van der Waals surface area contributed by atoms with Crippen LogP contribution >= 0.6 is 11.8 Å². The Labute approximate surface area is 179 Å². The van der Waals surface area contributed by atoms with E-state index in [1.54, 1.807) is 21.3 Å². The molecule has 1 unspecified atom stereocenters. The summed E-state index contributed by atoms with van der Waals surface area (Å²) in [6.07, 6.45) is 2.13. The molecular formula is C21H36N4O3S. The molecule has 0 radical (unpaired) electrons. The molecule has 164 valence electrons. The number of thioether (sulfide) groups is 1. The minimum atomic E-state index is 0.532. The molecule has 1 heterocycles. The maximum Gasteiger partial charge on any atom is 0.203 e. The lowest BCUT2D eigenvalue weighted by molar-refractivity contribution is 0.172. The molecule has 0 spiro atoms. The van der Waals surface area contributed by atoms with Crippen molar-refractivity contribution in [1.82, 2.24) is 15.1 Å². The predicted molar refractivity (Wildman–Crippen MR) is 122 cm³/mol. The Bertz CT molecular complexity index is 638. The standard InChI is InChI=1S/C21H36N4O3S/c1-7-22-21(23-14-16(2)29-6)25-10-8-24(9-11-25)15-17-12-18(26-3)20(28-5)19(13-17)27-4/h12-13,16H,7-11,14-15H2,1-6H3,(H,22,23). The minimum absolute atomic E-state index is 0.532. The molecule has 0 amide bonds. The second kappa shape index (κ2) is 12.0. The molecule has 1 N–H and O–H groups in total. The molecular weight excluding hydrogens is 388 g/mol. The van der Waals surface area contributed by atoms with Crippen LogP contribution in [0.4, 0.5) is 0 Å². The highest BCUT2D eigenvalue weighted by molar-refractivity contribution is 7.99. The number of nitrogens with one attached hydrogen (secondary N) is 1. The third-order valence-electron chi connectivity index (χ3n) is 5.04. The van der Waals surface area contributed by atoms with Gasteiger partial charge in [0, 0.05) is 44.5 Å². The van der Waals surface area contributed by atoms with Gasteiger partial charge in [-0.15, -0.1) is 0 Å². The van der Waals surface area contributed by atoms with E-state index in [4.69, 9.17) is 19.2 Å². The number of aliphatic imine (C=N–C) groups is 1. The number of benzene rings is 1. The molecule has 0 aromatic heterocycles. The van der Waals surface area contributed by atoms with Gasteiger partial charge in [-0.05, 0) is 30.9 Å². The maximum atomic E-state index is 5.48. The molecule has 1 saturated heterocycles. The smallest absolute Gasteiger partial charge is 0.203 e. The van der Waals surface area contributed by atoms with E-state index < -0.39 is 0 Å². The van der Waals surface area contributed by atoms with Gasteiger partial charge in [-0.1, -0.05) is 6.92 Å². The second-order valence-electron chi connectivity index (χ2n) is 7.04. The van der Waals surface area contributed by atoms with E-state index in [0.29, 0.717) is 22.5 Å². The van der Waals surface area contributed by atoms with Gasteiger partial charge < -0.3 is 24.4 Å². The topological polar surface area (TPSA) is 58.6 Å². The first kappa shape index (κ1) is 23.5. The van der Waals surface area contributed by atoms with Crippen LogP contribution in [0.3, 0.4) is 0 Å². The molecule has 1 aromatic rings. The molecule has 8 heteroatoms. The molecule has 1 aliphatic heterocycles. The number of hydrogen-bond acceptors (Lipinski definition) is 6. The fraction of sp³-hybridized carbons (Fsp3) is 0.667. The highest BCUT2D eigenvalue weighted by Crippen LogP contribution is 2.38. The Morgan fingerprint density at radius 1 is 1.10 bits per heavy atom. The van der Waals surface area contributed by atoms with Crippen LogP contribution in [0.1, 0.15) is 19.4 Å². The lowest BCUT2D eigenvalue weighted by Gasteiger charge is -2.36. The second-order valence-corrected chi connectivity index (χ2v) is 8.31. The van der Waals surface area contributed by atoms with Crippen molar-refractivity contribution >= 4 is 17.7 Å². The largest absolute Gasteiger partial charge is 0.493 e. The van der Waals surface area contributed by atoms with Gasteiger partial charge in [-0.25, -0.2) is 0 Å². The molecule has 7 nitrogen and oxygen atoms in total. The Balaban J connectivity index is 2.00. The van der Waals surface area contributed by atoms with E-state index >= 15 is 0 Å². The van der Waals surface area contributed by atoms with Crippen LogP contribution in [0.25, 0.3) is 0 Å². The number of nitrogens with zero attached hydrogens (tertiary/aromatic N) is 3. The van der Waals surface area contributed by atoms with E-state index in [2.05, 4.69) is 35.2 Å². The summed E-state index contributed by atoms with van der Waals surface area (Å²) in [4.78, 5) is 9.64. The highest BCUT2D eigenvalue weighted by Gasteiger charge is 2.21. The van der Waals surface area contributed by atoms with Crippen LogP contribution < -0.4 is 19.5 Å². The van der Waals surface area contributed by atoms with E-state index in [0.717, 1.165) is 57.3 Å². The first-order chi connectivity index (χ1) is 14.1. The lowest BCUT2D eigenvalue weighted by atomic mass is 10.1. The van der Waals surface area contributed by atoms with Crippen LogP contribution in [0, 0.1) is 0 Å². The molecule has 1 atom stereocenters. The van der Waals surface area contributed by atoms with Gasteiger partial charge >= 0.3 is 0 Å². The average molecular weight is 425 g/mol. The Kier molecular flexibility index (Phi) is 9.73. The van der Waals surface area contributed by atoms with Gasteiger partial charge in [0.2, 0.25) is 5.75 Å². The van der Waals surface area contributed by atoms with Crippen molar-refractivity contribution in [3.05, 3.63) is 17.7 Å².